The first kappa shape index (κ1) is 21.4. The topological polar surface area (TPSA) is 99.5 Å². The maximum Gasteiger partial charge on any atom is 0.329 e. The number of pyridine rings is 1. The first-order valence-corrected chi connectivity index (χ1v) is 10.8. The predicted molar refractivity (Wildman–Crippen MR) is 126 cm³/mol. The summed E-state index contributed by atoms with van der Waals surface area (Å²) in [7, 11) is 0. The lowest BCUT2D eigenvalue weighted by Crippen LogP contribution is -2.23. The van der Waals surface area contributed by atoms with Crippen LogP contribution in [0.4, 0.5) is 0 Å². The molecule has 0 saturated heterocycles. The lowest BCUT2D eigenvalue weighted by Gasteiger charge is -2.10. The monoisotopic (exact) mass is 455 g/mol. The van der Waals surface area contributed by atoms with Crippen molar-refractivity contribution in [2.24, 2.45) is 0 Å². The third-order valence-electron chi connectivity index (χ3n) is 5.81. The lowest BCUT2D eigenvalue weighted by molar-refractivity contribution is -0.146. The van der Waals surface area contributed by atoms with Crippen LogP contribution in [0.3, 0.4) is 0 Å². The molecular formula is C26H21N3O5. The summed E-state index contributed by atoms with van der Waals surface area (Å²) < 4.78 is 8.16. The number of hydroxylamine groups is 1. The summed E-state index contributed by atoms with van der Waals surface area (Å²) in [6, 6.07) is 12.5. The highest BCUT2D eigenvalue weighted by Gasteiger charge is 2.26. The van der Waals surface area contributed by atoms with E-state index < -0.39 is 5.97 Å². The van der Waals surface area contributed by atoms with Gasteiger partial charge >= 0.3 is 5.97 Å². The Balaban J connectivity index is 1.69. The molecule has 0 radical (unpaired) electrons. The minimum Gasteiger partial charge on any atom is -0.488 e. The molecule has 0 unspecified atom stereocenters. The van der Waals surface area contributed by atoms with E-state index in [0.717, 1.165) is 21.8 Å². The number of nitrogens with one attached hydrogen (secondary N) is 1. The predicted octanol–water partition coefficient (Wildman–Crippen LogP) is 3.97. The SMILES string of the molecule is CCn1c2ccc(C(=O)c3ccncc3)cc2c2c3c(ccc21)C(=O)C(NOC(C)=O)=CCO3. The second-order valence-electron chi connectivity index (χ2n) is 7.83. The number of allylic oxidation sites excluding steroid dienone is 1. The number of aryl methyl sites for hydroxylation is 1. The third kappa shape index (κ3) is 3.49. The molecule has 0 fully saturated rings. The summed E-state index contributed by atoms with van der Waals surface area (Å²) in [5.41, 5.74) is 5.80. The maximum absolute atomic E-state index is 13.2. The molecule has 0 atom stereocenters. The van der Waals surface area contributed by atoms with Crippen LogP contribution in [-0.2, 0) is 16.2 Å². The van der Waals surface area contributed by atoms with Crippen LogP contribution >= 0.6 is 0 Å². The van der Waals surface area contributed by atoms with Crippen molar-refractivity contribution in [2.75, 3.05) is 6.61 Å². The zero-order valence-corrected chi connectivity index (χ0v) is 18.6. The van der Waals surface area contributed by atoms with E-state index in [1.807, 2.05) is 31.2 Å². The number of ether oxygens (including phenoxy) is 1. The number of hydrogen-bond acceptors (Lipinski definition) is 7. The van der Waals surface area contributed by atoms with E-state index in [1.54, 1.807) is 30.6 Å². The molecule has 2 aromatic carbocycles. The zero-order valence-electron chi connectivity index (χ0n) is 18.6. The number of aromatic nitrogens is 2. The Morgan fingerprint density at radius 2 is 1.85 bits per heavy atom. The minimum absolute atomic E-state index is 0.107. The number of ketones is 2. The lowest BCUT2D eigenvalue weighted by atomic mass is 10.00. The Kier molecular flexibility index (Phi) is 5.33. The molecule has 0 spiro atoms. The number of nitrogens with zero attached hydrogens (tertiary/aromatic N) is 2. The second-order valence-corrected chi connectivity index (χ2v) is 7.83. The van der Waals surface area contributed by atoms with Crippen molar-refractivity contribution >= 4 is 39.3 Å². The Labute approximate surface area is 194 Å². The van der Waals surface area contributed by atoms with Crippen LogP contribution in [0.1, 0.15) is 40.1 Å². The Morgan fingerprint density at radius 1 is 1.09 bits per heavy atom. The zero-order chi connectivity index (χ0) is 23.8. The van der Waals surface area contributed by atoms with E-state index in [9.17, 15) is 14.4 Å². The van der Waals surface area contributed by atoms with Crippen LogP contribution in [0.25, 0.3) is 21.8 Å². The van der Waals surface area contributed by atoms with Gasteiger partial charge in [0.15, 0.2) is 5.78 Å². The van der Waals surface area contributed by atoms with Gasteiger partial charge in [0.2, 0.25) is 5.78 Å². The van der Waals surface area contributed by atoms with Gasteiger partial charge in [0, 0.05) is 47.9 Å². The van der Waals surface area contributed by atoms with Crippen LogP contribution in [0.15, 0.2) is 66.6 Å². The molecule has 3 heterocycles. The molecule has 0 amide bonds. The molecule has 2 aromatic heterocycles. The highest BCUT2D eigenvalue weighted by Crippen LogP contribution is 2.40. The number of rotatable bonds is 5. The summed E-state index contributed by atoms with van der Waals surface area (Å²) >= 11 is 0. The molecule has 4 aromatic rings. The summed E-state index contributed by atoms with van der Waals surface area (Å²) in [6.45, 7) is 4.08. The van der Waals surface area contributed by atoms with Crippen molar-refractivity contribution in [3.8, 4) is 5.75 Å². The molecule has 0 aliphatic carbocycles. The van der Waals surface area contributed by atoms with Gasteiger partial charge < -0.3 is 14.1 Å². The number of benzene rings is 2. The molecule has 1 aliphatic rings. The van der Waals surface area contributed by atoms with E-state index in [1.165, 1.54) is 13.0 Å². The molecule has 1 aliphatic heterocycles. The van der Waals surface area contributed by atoms with E-state index in [4.69, 9.17) is 9.57 Å². The fourth-order valence-corrected chi connectivity index (χ4v) is 4.30. The summed E-state index contributed by atoms with van der Waals surface area (Å²) in [6.07, 6.45) is 4.71. The largest absolute Gasteiger partial charge is 0.488 e. The van der Waals surface area contributed by atoms with Gasteiger partial charge in [-0.3, -0.25) is 19.4 Å². The number of Topliss-reactive ketones (excluding diaryl/α,β-unsaturated/α-hetero) is 1. The standard InChI is InChI=1S/C26H21N3O5/c1-3-29-21-6-4-17(24(31)16-8-11-27-12-9-16)14-19(21)23-22(29)7-5-18-25(32)20(28-34-15(2)30)10-13-33-26(18)23/h4-12,14,28H,3,13H2,1-2H3. The van der Waals surface area contributed by atoms with Crippen molar-refractivity contribution < 1.29 is 24.0 Å². The minimum atomic E-state index is -0.563. The normalized spacial score (nSPS) is 13.1. The van der Waals surface area contributed by atoms with E-state index in [2.05, 4.69) is 15.0 Å². The third-order valence-corrected chi connectivity index (χ3v) is 5.81. The number of carbonyl (C=O) groups excluding carboxylic acids is 3. The van der Waals surface area contributed by atoms with E-state index in [0.29, 0.717) is 29.0 Å². The van der Waals surface area contributed by atoms with Crippen molar-refractivity contribution in [2.45, 2.75) is 20.4 Å². The Hall–Kier alpha value is -4.46. The first-order valence-electron chi connectivity index (χ1n) is 10.8. The molecule has 34 heavy (non-hydrogen) atoms. The van der Waals surface area contributed by atoms with Crippen molar-refractivity contribution in [3.63, 3.8) is 0 Å². The molecule has 0 bridgehead atoms. The van der Waals surface area contributed by atoms with Gasteiger partial charge in [-0.2, -0.15) is 0 Å². The number of carbonyl (C=O) groups is 3. The van der Waals surface area contributed by atoms with Gasteiger partial charge in [-0.1, -0.05) is 0 Å². The fraction of sp³-hybridized carbons (Fsp3) is 0.154. The fourth-order valence-electron chi connectivity index (χ4n) is 4.30. The van der Waals surface area contributed by atoms with Crippen molar-refractivity contribution in [3.05, 3.63) is 83.3 Å². The molecule has 170 valence electrons. The number of hydrogen-bond donors (Lipinski definition) is 1. The highest BCUT2D eigenvalue weighted by atomic mass is 16.7. The second kappa shape index (κ2) is 8.47. The molecule has 8 heteroatoms. The Morgan fingerprint density at radius 3 is 2.59 bits per heavy atom. The average molecular weight is 455 g/mol. The number of fused-ring (bicyclic) bond motifs is 5. The van der Waals surface area contributed by atoms with Gasteiger partial charge in [0.25, 0.3) is 0 Å². The van der Waals surface area contributed by atoms with Crippen LogP contribution in [0.2, 0.25) is 0 Å². The average Bonchev–Trinajstić information content (AvgIpc) is 3.09. The molecule has 8 nitrogen and oxygen atoms in total. The van der Waals surface area contributed by atoms with Gasteiger partial charge in [0.05, 0.1) is 16.5 Å². The first-order chi connectivity index (χ1) is 16.5. The molecule has 1 N–H and O–H groups in total. The van der Waals surface area contributed by atoms with Crippen LogP contribution in [0.5, 0.6) is 5.75 Å². The van der Waals surface area contributed by atoms with Gasteiger partial charge in [-0.15, -0.1) is 0 Å². The summed E-state index contributed by atoms with van der Waals surface area (Å²) in [5, 5.41) is 1.58. The Bertz CT molecular complexity index is 1500. The maximum atomic E-state index is 13.2. The van der Waals surface area contributed by atoms with Gasteiger partial charge in [-0.25, -0.2) is 5.48 Å². The molecular weight excluding hydrogens is 434 g/mol. The van der Waals surface area contributed by atoms with Gasteiger partial charge in [-0.05, 0) is 55.5 Å². The molecule has 0 saturated carbocycles. The van der Waals surface area contributed by atoms with Crippen LogP contribution in [-0.4, -0.2) is 33.7 Å². The quantitative estimate of drug-likeness (QED) is 0.359. The summed E-state index contributed by atoms with van der Waals surface area (Å²) in [5.74, 6) is -0.594. The highest BCUT2D eigenvalue weighted by molar-refractivity contribution is 6.20. The van der Waals surface area contributed by atoms with Gasteiger partial charge in [0.1, 0.15) is 18.1 Å². The smallest absolute Gasteiger partial charge is 0.329 e. The van der Waals surface area contributed by atoms with Crippen molar-refractivity contribution in [1.29, 1.82) is 0 Å². The van der Waals surface area contributed by atoms with E-state index >= 15 is 0 Å². The van der Waals surface area contributed by atoms with E-state index in [-0.39, 0.29) is 23.9 Å². The van der Waals surface area contributed by atoms with Crippen LogP contribution in [0, 0.1) is 0 Å². The van der Waals surface area contributed by atoms with Crippen molar-refractivity contribution in [1.82, 2.24) is 15.0 Å². The van der Waals surface area contributed by atoms with Crippen LogP contribution < -0.4 is 10.2 Å². The summed E-state index contributed by atoms with van der Waals surface area (Å²) in [4.78, 5) is 46.3. The molecule has 5 rings (SSSR count).